The minimum Gasteiger partial charge on any atom is -0.444 e. The Morgan fingerprint density at radius 3 is 2.47 bits per heavy atom. The molecule has 6 heteroatoms. The second-order valence-electron chi connectivity index (χ2n) is 6.04. The fourth-order valence-electron chi connectivity index (χ4n) is 1.84. The molecule has 0 aromatic rings. The van der Waals surface area contributed by atoms with Crippen LogP contribution in [0.15, 0.2) is 0 Å². The third kappa shape index (κ3) is 3.42. The summed E-state index contributed by atoms with van der Waals surface area (Å²) in [6.07, 6.45) is -0.399. The zero-order valence-corrected chi connectivity index (χ0v) is 13.3. The van der Waals surface area contributed by atoms with Gasteiger partial charge in [-0.25, -0.2) is 9.18 Å². The molecule has 0 saturated carbocycles. The van der Waals surface area contributed by atoms with Crippen molar-refractivity contribution in [2.45, 2.75) is 50.5 Å². The number of halogens is 1. The zero-order chi connectivity index (χ0) is 13.4. The molecule has 1 rings (SSSR count). The summed E-state index contributed by atoms with van der Waals surface area (Å²) in [5.41, 5.74) is 3.74. The number of alkyl halides is 1. The number of carbonyl (C=O) groups is 1. The van der Waals surface area contributed by atoms with E-state index in [1.54, 1.807) is 0 Å². The lowest BCUT2D eigenvalue weighted by Crippen LogP contribution is -2.60. The number of hydrogen-bond acceptors (Lipinski definition) is 3. The van der Waals surface area contributed by atoms with E-state index in [9.17, 15) is 9.18 Å². The summed E-state index contributed by atoms with van der Waals surface area (Å²) in [4.78, 5) is 13.4. The number of rotatable bonds is 0. The number of nitrogens with two attached hydrogens (primary N) is 1. The molecule has 3 atom stereocenters. The van der Waals surface area contributed by atoms with Gasteiger partial charge in [0.15, 0.2) is 0 Å². The number of amides is 1. The van der Waals surface area contributed by atoms with Crippen LogP contribution in [-0.2, 0) is 4.74 Å². The summed E-state index contributed by atoms with van der Waals surface area (Å²) >= 11 is 0. The molecule has 0 aromatic heterocycles. The predicted molar refractivity (Wildman–Crippen MR) is 69.0 cm³/mol. The van der Waals surface area contributed by atoms with Gasteiger partial charge in [0.2, 0.25) is 0 Å². The maximum Gasteiger partial charge on any atom is 0.410 e. The smallest absolute Gasteiger partial charge is 0.410 e. The second-order valence-corrected chi connectivity index (χ2v) is 7.44. The molecule has 2 unspecified atom stereocenters. The Morgan fingerprint density at radius 1 is 1.53 bits per heavy atom. The molecule has 0 bridgehead atoms. The number of likely N-dealkylation sites (tertiary alicyclic amines) is 1. The monoisotopic (exact) mass is 262 g/mol. The van der Waals surface area contributed by atoms with Crippen molar-refractivity contribution in [1.29, 1.82) is 0 Å². The topological polar surface area (TPSA) is 55.6 Å². The van der Waals surface area contributed by atoms with Crippen molar-refractivity contribution in [2.24, 2.45) is 5.73 Å². The van der Waals surface area contributed by atoms with Crippen LogP contribution in [0.2, 0.25) is 5.54 Å². The molecule has 17 heavy (non-hydrogen) atoms. The van der Waals surface area contributed by atoms with E-state index < -0.39 is 23.4 Å². The molecule has 0 aromatic carbocycles. The van der Waals surface area contributed by atoms with Gasteiger partial charge < -0.3 is 15.4 Å². The van der Waals surface area contributed by atoms with E-state index in [0.29, 0.717) is 16.8 Å². The van der Waals surface area contributed by atoms with Crippen LogP contribution in [0.1, 0.15) is 27.7 Å². The van der Waals surface area contributed by atoms with Gasteiger partial charge in [0.05, 0.1) is 6.04 Å². The van der Waals surface area contributed by atoms with E-state index in [2.05, 4.69) is 0 Å². The maximum absolute atomic E-state index is 14.2. The van der Waals surface area contributed by atoms with Crippen molar-refractivity contribution < 1.29 is 13.9 Å². The third-order valence-electron chi connectivity index (χ3n) is 3.25. The Hall–Kier alpha value is -0.623. The molecule has 1 saturated heterocycles. The Kier molecular flexibility index (Phi) is 3.88. The molecule has 1 fully saturated rings. The molecule has 0 radical (unpaired) electrons. The van der Waals surface area contributed by atoms with Crippen LogP contribution in [0.3, 0.4) is 0 Å². The van der Waals surface area contributed by atoms with Crippen LogP contribution in [0.25, 0.3) is 0 Å². The fourth-order valence-corrected chi connectivity index (χ4v) is 2.71. The number of hydrogen-bond donors (Lipinski definition) is 1. The molecule has 1 amide bonds. The summed E-state index contributed by atoms with van der Waals surface area (Å²) < 4.78 is 19.4. The standard InChI is InChI=1S/C11H23FN2O2Si/c1-10(2,3)16-9(15)14-5-7(13)11(4,12)8(17)6-14/h7-8H,5-6,13H2,1-4,17H3/t7-,8?,11?/m1/s1. The second kappa shape index (κ2) is 4.57. The van der Waals surface area contributed by atoms with Crippen LogP contribution in [0, 0.1) is 0 Å². The molecule has 4 nitrogen and oxygen atoms in total. The predicted octanol–water partition coefficient (Wildman–Crippen LogP) is 0.447. The molecule has 2 N–H and O–H groups in total. The van der Waals surface area contributed by atoms with E-state index in [1.807, 2.05) is 20.8 Å². The molecule has 1 aliphatic heterocycles. The first-order valence-corrected chi connectivity index (χ1v) is 7.12. The highest BCUT2D eigenvalue weighted by Crippen LogP contribution is 2.33. The van der Waals surface area contributed by atoms with Crippen molar-refractivity contribution in [3.05, 3.63) is 0 Å². The summed E-state index contributed by atoms with van der Waals surface area (Å²) in [5, 5.41) is 0. The number of nitrogens with zero attached hydrogens (tertiary/aromatic N) is 1. The lowest BCUT2D eigenvalue weighted by Gasteiger charge is -2.43. The highest BCUT2D eigenvalue weighted by molar-refractivity contribution is 6.13. The Morgan fingerprint density at radius 2 is 2.06 bits per heavy atom. The number of carbonyl (C=O) groups excluding carboxylic acids is 1. The Bertz CT molecular complexity index is 290. The lowest BCUT2D eigenvalue weighted by atomic mass is 9.90. The Balaban J connectivity index is 2.68. The van der Waals surface area contributed by atoms with Crippen LogP contribution in [0.4, 0.5) is 9.18 Å². The Labute approximate surface area is 105 Å². The number of piperidine rings is 1. The SMILES string of the molecule is CC(C)(C)OC(=O)N1CC([SiH3])C(C)(F)[C@H](N)C1. The van der Waals surface area contributed by atoms with Crippen LogP contribution >= 0.6 is 0 Å². The van der Waals surface area contributed by atoms with E-state index >= 15 is 0 Å². The molecule has 0 spiro atoms. The highest BCUT2D eigenvalue weighted by Gasteiger charge is 2.44. The van der Waals surface area contributed by atoms with E-state index in [1.165, 1.54) is 11.8 Å². The van der Waals surface area contributed by atoms with Gasteiger partial charge >= 0.3 is 6.09 Å². The normalized spacial score (nSPS) is 34.8. The first-order chi connectivity index (χ1) is 7.54. The minimum absolute atomic E-state index is 0.154. The van der Waals surface area contributed by atoms with Gasteiger partial charge in [0, 0.05) is 23.3 Å². The number of ether oxygens (including phenoxy) is 1. The fraction of sp³-hybridized carbons (Fsp3) is 0.909. The van der Waals surface area contributed by atoms with Crippen LogP contribution in [0.5, 0.6) is 0 Å². The van der Waals surface area contributed by atoms with Gasteiger partial charge in [-0.05, 0) is 33.2 Å². The van der Waals surface area contributed by atoms with Crippen molar-refractivity contribution in [3.8, 4) is 0 Å². The van der Waals surface area contributed by atoms with Gasteiger partial charge in [-0.2, -0.15) is 0 Å². The highest BCUT2D eigenvalue weighted by atomic mass is 28.1. The maximum atomic E-state index is 14.2. The quantitative estimate of drug-likeness (QED) is 0.645. The van der Waals surface area contributed by atoms with Crippen LogP contribution < -0.4 is 5.73 Å². The van der Waals surface area contributed by atoms with E-state index in [-0.39, 0.29) is 12.1 Å². The van der Waals surface area contributed by atoms with E-state index in [0.717, 1.165) is 0 Å². The zero-order valence-electron chi connectivity index (χ0n) is 11.3. The average Bonchev–Trinajstić information content (AvgIpc) is 2.11. The molecular formula is C11H23FN2O2Si. The van der Waals surface area contributed by atoms with Gasteiger partial charge in [0.1, 0.15) is 11.3 Å². The molecule has 0 aliphatic carbocycles. The largest absolute Gasteiger partial charge is 0.444 e. The van der Waals surface area contributed by atoms with Gasteiger partial charge in [-0.15, -0.1) is 0 Å². The summed E-state index contributed by atoms with van der Waals surface area (Å²) in [6.45, 7) is 7.59. The lowest BCUT2D eigenvalue weighted by molar-refractivity contribution is 0.000694. The molecule has 100 valence electrons. The molecule has 1 heterocycles. The summed E-state index contributed by atoms with van der Waals surface area (Å²) in [6, 6.07) is -0.633. The van der Waals surface area contributed by atoms with Crippen LogP contribution in [-0.4, -0.2) is 51.6 Å². The third-order valence-corrected chi connectivity index (χ3v) is 4.75. The van der Waals surface area contributed by atoms with Crippen molar-refractivity contribution in [3.63, 3.8) is 0 Å². The van der Waals surface area contributed by atoms with Gasteiger partial charge in [-0.3, -0.25) is 0 Å². The first kappa shape index (κ1) is 14.4. The summed E-state index contributed by atoms with van der Waals surface area (Å²) in [7, 11) is 0.669. The average molecular weight is 262 g/mol. The van der Waals surface area contributed by atoms with Crippen molar-refractivity contribution in [1.82, 2.24) is 4.90 Å². The molecular weight excluding hydrogens is 239 g/mol. The van der Waals surface area contributed by atoms with E-state index in [4.69, 9.17) is 10.5 Å². The first-order valence-electron chi connectivity index (χ1n) is 5.96. The summed E-state index contributed by atoms with van der Waals surface area (Å²) in [5.74, 6) is 0. The van der Waals surface area contributed by atoms with Crippen molar-refractivity contribution >= 4 is 16.3 Å². The van der Waals surface area contributed by atoms with Crippen molar-refractivity contribution in [2.75, 3.05) is 13.1 Å². The van der Waals surface area contributed by atoms with Gasteiger partial charge in [0.25, 0.3) is 0 Å². The molecule has 1 aliphatic rings. The minimum atomic E-state index is -1.37. The van der Waals surface area contributed by atoms with Gasteiger partial charge in [-0.1, -0.05) is 0 Å².